The van der Waals surface area contributed by atoms with E-state index in [-0.39, 0.29) is 11.2 Å². The zero-order chi connectivity index (χ0) is 23.8. The molecule has 1 saturated heterocycles. The number of unbranched alkanes of at least 4 members (excludes halogenated alkanes) is 3. The Labute approximate surface area is 193 Å². The minimum Gasteiger partial charge on any atom is -0.493 e. The highest BCUT2D eigenvalue weighted by Crippen LogP contribution is 2.31. The van der Waals surface area contributed by atoms with E-state index >= 15 is 0 Å². The molecule has 32 heavy (non-hydrogen) atoms. The van der Waals surface area contributed by atoms with Gasteiger partial charge in [-0.15, -0.1) is 0 Å². The van der Waals surface area contributed by atoms with Crippen LogP contribution in [0, 0.1) is 5.92 Å². The number of piperidine rings is 1. The zero-order valence-electron chi connectivity index (χ0n) is 20.1. The minimum atomic E-state index is -3.53. The smallest absolute Gasteiger partial charge is 0.291 e. The number of amides is 1. The van der Waals surface area contributed by atoms with Crippen LogP contribution in [0.2, 0.25) is 0 Å². The molecular formula is C25H39NO5S. The first-order valence-corrected chi connectivity index (χ1v) is 13.6. The normalized spacial score (nSPS) is 15.6. The summed E-state index contributed by atoms with van der Waals surface area (Å²) in [5.74, 6) is -0.998. The van der Waals surface area contributed by atoms with Gasteiger partial charge in [0.05, 0.1) is 12.4 Å². The van der Waals surface area contributed by atoms with Gasteiger partial charge in [0.2, 0.25) is 5.78 Å². The maximum Gasteiger partial charge on any atom is 0.291 e. The number of benzene rings is 1. The summed E-state index contributed by atoms with van der Waals surface area (Å²) in [6, 6.07) is 8.05. The molecule has 0 unspecified atom stereocenters. The fraction of sp³-hybridized carbons (Fsp3) is 0.680. The molecular weight excluding hydrogens is 426 g/mol. The van der Waals surface area contributed by atoms with Crippen LogP contribution >= 0.6 is 0 Å². The van der Waals surface area contributed by atoms with Crippen molar-refractivity contribution in [2.24, 2.45) is 5.92 Å². The molecule has 0 N–H and O–H groups in total. The number of nitrogens with zero attached hydrogens (tertiary/aromatic N) is 1. The van der Waals surface area contributed by atoms with E-state index in [2.05, 4.69) is 33.8 Å². The molecule has 0 bridgehead atoms. The number of carbonyl (C=O) groups excluding carboxylic acids is 2. The molecule has 0 aliphatic carbocycles. The highest BCUT2D eigenvalue weighted by molar-refractivity contribution is 7.92. The van der Waals surface area contributed by atoms with Crippen LogP contribution in [0.25, 0.3) is 0 Å². The summed E-state index contributed by atoms with van der Waals surface area (Å²) >= 11 is 0. The summed E-state index contributed by atoms with van der Waals surface area (Å²) in [6.45, 7) is 9.99. The lowest BCUT2D eigenvalue weighted by Gasteiger charge is -2.32. The molecule has 1 aromatic carbocycles. The van der Waals surface area contributed by atoms with Gasteiger partial charge >= 0.3 is 0 Å². The van der Waals surface area contributed by atoms with Crippen molar-refractivity contribution < 1.29 is 22.7 Å². The Hall–Kier alpha value is -1.89. The molecule has 1 heterocycles. The number of likely N-dealkylation sites (tertiary alicyclic amines) is 1. The Morgan fingerprint density at radius 2 is 1.72 bits per heavy atom. The second-order valence-electron chi connectivity index (χ2n) is 9.87. The number of ketones is 1. The van der Waals surface area contributed by atoms with Crippen LogP contribution in [0.15, 0.2) is 24.3 Å². The van der Waals surface area contributed by atoms with Gasteiger partial charge < -0.3 is 9.64 Å². The Morgan fingerprint density at radius 3 is 2.34 bits per heavy atom. The summed E-state index contributed by atoms with van der Waals surface area (Å²) in [5, 5.41) is 0. The molecule has 0 atom stereocenters. The summed E-state index contributed by atoms with van der Waals surface area (Å²) in [5.41, 5.74) is 1.15. The van der Waals surface area contributed by atoms with E-state index in [1.807, 2.05) is 18.2 Å². The summed E-state index contributed by atoms with van der Waals surface area (Å²) in [7, 11) is -3.53. The number of carbonyl (C=O) groups is 2. The first kappa shape index (κ1) is 26.4. The summed E-state index contributed by atoms with van der Waals surface area (Å²) in [6.07, 6.45) is 4.83. The predicted octanol–water partition coefficient (Wildman–Crippen LogP) is 4.17. The third-order valence-corrected chi connectivity index (χ3v) is 7.58. The number of sulfone groups is 1. The summed E-state index contributed by atoms with van der Waals surface area (Å²) < 4.78 is 30.4. The third kappa shape index (κ3) is 8.23. The van der Waals surface area contributed by atoms with Gasteiger partial charge in [-0.1, -0.05) is 65.2 Å². The van der Waals surface area contributed by atoms with Crippen LogP contribution in [0.4, 0.5) is 0 Å². The Bertz CT molecular complexity index is 865. The number of rotatable bonds is 11. The number of hydrogen-bond acceptors (Lipinski definition) is 5. The van der Waals surface area contributed by atoms with Crippen molar-refractivity contribution in [3.8, 4) is 5.75 Å². The highest BCUT2D eigenvalue weighted by Gasteiger charge is 2.30. The maximum absolute atomic E-state index is 12.5. The molecule has 1 aromatic rings. The molecule has 1 fully saturated rings. The number of ether oxygens (including phenoxy) is 1. The maximum atomic E-state index is 12.5. The fourth-order valence-corrected chi connectivity index (χ4v) is 5.29. The van der Waals surface area contributed by atoms with Crippen molar-refractivity contribution in [1.82, 2.24) is 4.90 Å². The standard InChI is InChI=1S/C25H39NO5S/c1-5-6-7-10-17-32(29,30)19-22(27)24(28)26-15-13-20(14-16-26)18-31-23-12-9-8-11-21(23)25(2,3)4/h8-9,11-12,20H,5-7,10,13-19H2,1-4H3. The largest absolute Gasteiger partial charge is 0.493 e. The zero-order valence-corrected chi connectivity index (χ0v) is 20.9. The molecule has 1 amide bonds. The van der Waals surface area contributed by atoms with Crippen molar-refractivity contribution in [1.29, 1.82) is 0 Å². The first-order valence-electron chi connectivity index (χ1n) is 11.8. The van der Waals surface area contributed by atoms with Gasteiger partial charge in [-0.25, -0.2) is 8.42 Å². The molecule has 0 aromatic heterocycles. The number of Topliss-reactive ketones (excluding diaryl/α,β-unsaturated/α-hetero) is 1. The second kappa shape index (κ2) is 11.8. The van der Waals surface area contributed by atoms with Gasteiger partial charge in [-0.3, -0.25) is 9.59 Å². The Morgan fingerprint density at radius 1 is 1.06 bits per heavy atom. The minimum absolute atomic E-state index is 0.0108. The predicted molar refractivity (Wildman–Crippen MR) is 128 cm³/mol. The number of hydrogen-bond donors (Lipinski definition) is 0. The van der Waals surface area contributed by atoms with Gasteiger partial charge in [0, 0.05) is 13.1 Å². The van der Waals surface area contributed by atoms with Crippen molar-refractivity contribution in [3.05, 3.63) is 29.8 Å². The average molecular weight is 466 g/mol. The van der Waals surface area contributed by atoms with Crippen LogP contribution in [-0.2, 0) is 24.8 Å². The fourth-order valence-electron chi connectivity index (χ4n) is 3.98. The molecule has 0 saturated carbocycles. The molecule has 6 nitrogen and oxygen atoms in total. The van der Waals surface area contributed by atoms with Crippen molar-refractivity contribution in [2.75, 3.05) is 31.2 Å². The second-order valence-corrected chi connectivity index (χ2v) is 12.1. The van der Waals surface area contributed by atoms with E-state index in [4.69, 9.17) is 4.74 Å². The lowest BCUT2D eigenvalue weighted by Crippen LogP contribution is -2.44. The molecule has 7 heteroatoms. The Balaban J connectivity index is 1.80. The summed E-state index contributed by atoms with van der Waals surface area (Å²) in [4.78, 5) is 26.2. The molecule has 0 radical (unpaired) electrons. The van der Waals surface area contributed by atoms with E-state index in [9.17, 15) is 18.0 Å². The van der Waals surface area contributed by atoms with Crippen LogP contribution in [0.1, 0.15) is 71.8 Å². The third-order valence-electron chi connectivity index (χ3n) is 5.97. The topological polar surface area (TPSA) is 80.8 Å². The molecule has 1 aliphatic rings. The van der Waals surface area contributed by atoms with E-state index in [0.29, 0.717) is 32.0 Å². The van der Waals surface area contributed by atoms with Crippen molar-refractivity contribution in [2.45, 2.75) is 71.6 Å². The van der Waals surface area contributed by atoms with Gasteiger partial charge in [0.25, 0.3) is 5.91 Å². The highest BCUT2D eigenvalue weighted by atomic mass is 32.2. The van der Waals surface area contributed by atoms with Crippen molar-refractivity contribution in [3.63, 3.8) is 0 Å². The van der Waals surface area contributed by atoms with Crippen molar-refractivity contribution >= 4 is 21.5 Å². The molecule has 1 aliphatic heterocycles. The first-order chi connectivity index (χ1) is 15.0. The van der Waals surface area contributed by atoms with Gasteiger partial charge in [0.1, 0.15) is 11.5 Å². The molecule has 0 spiro atoms. The van der Waals surface area contributed by atoms with E-state index in [1.54, 1.807) is 0 Å². The van der Waals surface area contributed by atoms with Gasteiger partial charge in [0.15, 0.2) is 9.84 Å². The SMILES string of the molecule is CCCCCCS(=O)(=O)CC(=O)C(=O)N1CCC(COc2ccccc2C(C)(C)C)CC1. The van der Waals surface area contributed by atoms with Gasteiger partial charge in [-0.05, 0) is 42.2 Å². The lowest BCUT2D eigenvalue weighted by molar-refractivity contribution is -0.144. The monoisotopic (exact) mass is 465 g/mol. The van der Waals surface area contributed by atoms with Gasteiger partial charge in [-0.2, -0.15) is 0 Å². The van der Waals surface area contributed by atoms with E-state index in [0.717, 1.165) is 43.4 Å². The average Bonchev–Trinajstić information content (AvgIpc) is 2.74. The van der Waals surface area contributed by atoms with E-state index < -0.39 is 27.3 Å². The lowest BCUT2D eigenvalue weighted by atomic mass is 9.86. The van der Waals surface area contributed by atoms with Crippen LogP contribution in [0.3, 0.4) is 0 Å². The Kier molecular flexibility index (Phi) is 9.74. The van der Waals surface area contributed by atoms with Crippen LogP contribution in [0.5, 0.6) is 5.75 Å². The van der Waals surface area contributed by atoms with Crippen LogP contribution < -0.4 is 4.74 Å². The van der Waals surface area contributed by atoms with E-state index in [1.165, 1.54) is 4.90 Å². The molecule has 180 valence electrons. The molecule has 2 rings (SSSR count). The quantitative estimate of drug-likeness (QED) is 0.362. The van der Waals surface area contributed by atoms with Crippen LogP contribution in [-0.4, -0.2) is 56.2 Å². The number of para-hydroxylation sites is 1.